The molecule has 0 saturated carbocycles. The summed E-state index contributed by atoms with van der Waals surface area (Å²) in [6, 6.07) is 7.64. The van der Waals surface area contributed by atoms with Crippen molar-refractivity contribution in [2.75, 3.05) is 0 Å². The number of hydrogen-bond acceptors (Lipinski definition) is 4. The van der Waals surface area contributed by atoms with Gasteiger partial charge in [0, 0.05) is 5.56 Å². The fourth-order valence-corrected chi connectivity index (χ4v) is 1.71. The first-order valence-electron chi connectivity index (χ1n) is 4.38. The molecule has 0 amide bonds. The van der Waals surface area contributed by atoms with E-state index in [4.69, 9.17) is 10.4 Å². The van der Waals surface area contributed by atoms with E-state index >= 15 is 0 Å². The lowest BCUT2D eigenvalue weighted by Gasteiger charge is -2.16. The van der Waals surface area contributed by atoms with Crippen LogP contribution in [0.1, 0.15) is 17.5 Å². The van der Waals surface area contributed by atoms with Crippen LogP contribution in [0.4, 0.5) is 0 Å². The monoisotopic (exact) mass is 190 g/mol. The Bertz CT molecular complexity index is 410. The molecule has 0 aromatic heterocycles. The van der Waals surface area contributed by atoms with E-state index in [1.165, 1.54) is 0 Å². The van der Waals surface area contributed by atoms with Crippen LogP contribution in [0.2, 0.25) is 0 Å². The molecule has 14 heavy (non-hydrogen) atoms. The summed E-state index contributed by atoms with van der Waals surface area (Å²) >= 11 is 0. The van der Waals surface area contributed by atoms with Gasteiger partial charge in [-0.05, 0) is 18.4 Å². The van der Waals surface area contributed by atoms with E-state index < -0.39 is 0 Å². The van der Waals surface area contributed by atoms with Crippen LogP contribution in [0.15, 0.2) is 34.6 Å². The molecule has 0 bridgehead atoms. The van der Waals surface area contributed by atoms with Crippen LogP contribution in [0.5, 0.6) is 0 Å². The number of oxime groups is 2. The summed E-state index contributed by atoms with van der Waals surface area (Å²) in [5.41, 5.74) is 2.77. The highest BCUT2D eigenvalue weighted by Crippen LogP contribution is 2.19. The molecule has 0 radical (unpaired) electrons. The summed E-state index contributed by atoms with van der Waals surface area (Å²) in [4.78, 5) is 0. The third kappa shape index (κ3) is 1.25. The Balaban J connectivity index is 2.56. The van der Waals surface area contributed by atoms with E-state index in [-0.39, 0.29) is 0 Å². The fourth-order valence-electron chi connectivity index (χ4n) is 1.71. The normalized spacial score (nSPS) is 21.1. The van der Waals surface area contributed by atoms with Crippen LogP contribution >= 0.6 is 0 Å². The first kappa shape index (κ1) is 8.74. The van der Waals surface area contributed by atoms with Crippen molar-refractivity contribution in [3.05, 3.63) is 35.4 Å². The molecule has 0 saturated heterocycles. The van der Waals surface area contributed by atoms with Crippen LogP contribution in [-0.4, -0.2) is 21.8 Å². The summed E-state index contributed by atoms with van der Waals surface area (Å²) in [7, 11) is 0. The van der Waals surface area contributed by atoms with Crippen molar-refractivity contribution in [2.24, 2.45) is 10.3 Å². The SMILES string of the molecule is O/N=C1/CCc2ccccc2/C1=N\O. The molecule has 1 aliphatic rings. The molecule has 1 aliphatic carbocycles. The molecular weight excluding hydrogens is 180 g/mol. The standard InChI is InChI=1S/C10H10N2O2/c13-11-9-6-5-7-3-1-2-4-8(7)10(9)12-14/h1-4,13-14H,5-6H2/b11-9-,12-10+. The van der Waals surface area contributed by atoms with Crippen LogP contribution in [-0.2, 0) is 6.42 Å². The van der Waals surface area contributed by atoms with Crippen LogP contribution < -0.4 is 0 Å². The maximum Gasteiger partial charge on any atom is 0.134 e. The quantitative estimate of drug-likeness (QED) is 0.482. The van der Waals surface area contributed by atoms with Gasteiger partial charge >= 0.3 is 0 Å². The predicted octanol–water partition coefficient (Wildman–Crippen LogP) is 1.64. The second-order valence-corrected chi connectivity index (χ2v) is 3.15. The van der Waals surface area contributed by atoms with E-state index in [1.807, 2.05) is 24.3 Å². The van der Waals surface area contributed by atoms with E-state index in [0.717, 1.165) is 17.5 Å². The zero-order chi connectivity index (χ0) is 9.97. The number of hydrogen-bond donors (Lipinski definition) is 2. The van der Waals surface area contributed by atoms with Crippen molar-refractivity contribution in [1.82, 2.24) is 0 Å². The summed E-state index contributed by atoms with van der Waals surface area (Å²) < 4.78 is 0. The average Bonchev–Trinajstić information content (AvgIpc) is 2.27. The topological polar surface area (TPSA) is 65.2 Å². The van der Waals surface area contributed by atoms with Crippen molar-refractivity contribution in [1.29, 1.82) is 0 Å². The minimum atomic E-state index is 0.370. The molecule has 0 fully saturated rings. The number of nitrogens with zero attached hydrogens (tertiary/aromatic N) is 2. The molecule has 0 unspecified atom stereocenters. The predicted molar refractivity (Wildman–Crippen MR) is 52.3 cm³/mol. The van der Waals surface area contributed by atoms with Gasteiger partial charge in [0.15, 0.2) is 0 Å². The highest BCUT2D eigenvalue weighted by molar-refractivity contribution is 6.49. The summed E-state index contributed by atoms with van der Waals surface area (Å²) in [6.07, 6.45) is 1.42. The molecule has 0 heterocycles. The number of benzene rings is 1. The first-order chi connectivity index (χ1) is 6.86. The van der Waals surface area contributed by atoms with Crippen LogP contribution in [0.3, 0.4) is 0 Å². The molecular formula is C10H10N2O2. The van der Waals surface area contributed by atoms with Crippen molar-refractivity contribution >= 4 is 11.4 Å². The molecule has 4 nitrogen and oxygen atoms in total. The van der Waals surface area contributed by atoms with Gasteiger partial charge in [0.25, 0.3) is 0 Å². The Labute approximate surface area is 81.2 Å². The van der Waals surface area contributed by atoms with E-state index in [9.17, 15) is 0 Å². The van der Waals surface area contributed by atoms with Crippen LogP contribution in [0, 0.1) is 0 Å². The van der Waals surface area contributed by atoms with Gasteiger partial charge in [0.1, 0.15) is 11.4 Å². The second-order valence-electron chi connectivity index (χ2n) is 3.15. The van der Waals surface area contributed by atoms with E-state index in [2.05, 4.69) is 10.3 Å². The molecule has 0 aliphatic heterocycles. The number of fused-ring (bicyclic) bond motifs is 1. The van der Waals surface area contributed by atoms with Gasteiger partial charge in [-0.1, -0.05) is 34.6 Å². The molecule has 0 spiro atoms. The number of rotatable bonds is 0. The zero-order valence-electron chi connectivity index (χ0n) is 7.51. The lowest BCUT2D eigenvalue weighted by atomic mass is 9.89. The molecule has 1 aromatic rings. The Hall–Kier alpha value is -1.84. The third-order valence-corrected chi connectivity index (χ3v) is 2.40. The minimum absolute atomic E-state index is 0.370. The molecule has 72 valence electrons. The number of aryl methyl sites for hydroxylation is 1. The van der Waals surface area contributed by atoms with Crippen molar-refractivity contribution in [3.63, 3.8) is 0 Å². The van der Waals surface area contributed by atoms with E-state index in [1.54, 1.807) is 0 Å². The maximum absolute atomic E-state index is 8.84. The van der Waals surface area contributed by atoms with Gasteiger partial charge < -0.3 is 10.4 Å². The van der Waals surface area contributed by atoms with Crippen LogP contribution in [0.25, 0.3) is 0 Å². The summed E-state index contributed by atoms with van der Waals surface area (Å²) in [6.45, 7) is 0. The fraction of sp³-hybridized carbons (Fsp3) is 0.200. The van der Waals surface area contributed by atoms with Crippen molar-refractivity contribution in [2.45, 2.75) is 12.8 Å². The Morgan fingerprint density at radius 1 is 1.00 bits per heavy atom. The molecule has 2 rings (SSSR count). The Kier molecular flexibility index (Phi) is 2.18. The molecule has 4 heteroatoms. The van der Waals surface area contributed by atoms with Gasteiger partial charge in [0.05, 0.1) is 0 Å². The van der Waals surface area contributed by atoms with Gasteiger partial charge in [-0.15, -0.1) is 0 Å². The smallest absolute Gasteiger partial charge is 0.134 e. The Morgan fingerprint density at radius 3 is 2.50 bits per heavy atom. The second kappa shape index (κ2) is 3.49. The molecule has 0 atom stereocenters. The van der Waals surface area contributed by atoms with E-state index in [0.29, 0.717) is 17.8 Å². The maximum atomic E-state index is 8.84. The lowest BCUT2D eigenvalue weighted by Crippen LogP contribution is -2.23. The summed E-state index contributed by atoms with van der Waals surface area (Å²) in [5.74, 6) is 0. The summed E-state index contributed by atoms with van der Waals surface area (Å²) in [5, 5.41) is 23.8. The van der Waals surface area contributed by atoms with Gasteiger partial charge in [-0.3, -0.25) is 0 Å². The molecule has 1 aromatic carbocycles. The van der Waals surface area contributed by atoms with Crippen molar-refractivity contribution < 1.29 is 10.4 Å². The van der Waals surface area contributed by atoms with Crippen molar-refractivity contribution in [3.8, 4) is 0 Å². The minimum Gasteiger partial charge on any atom is -0.411 e. The third-order valence-electron chi connectivity index (χ3n) is 2.40. The lowest BCUT2D eigenvalue weighted by molar-refractivity contribution is 0.313. The van der Waals surface area contributed by atoms with Gasteiger partial charge in [-0.2, -0.15) is 0 Å². The zero-order valence-corrected chi connectivity index (χ0v) is 7.51. The highest BCUT2D eigenvalue weighted by Gasteiger charge is 2.21. The largest absolute Gasteiger partial charge is 0.411 e. The van der Waals surface area contributed by atoms with Gasteiger partial charge in [-0.25, -0.2) is 0 Å². The Morgan fingerprint density at radius 2 is 1.79 bits per heavy atom. The first-order valence-corrected chi connectivity index (χ1v) is 4.38. The van der Waals surface area contributed by atoms with Gasteiger partial charge in [0.2, 0.25) is 0 Å². The molecule has 2 N–H and O–H groups in total. The highest BCUT2D eigenvalue weighted by atomic mass is 16.4. The average molecular weight is 190 g/mol.